The van der Waals surface area contributed by atoms with Gasteiger partial charge in [-0.1, -0.05) is 24.3 Å². The fraction of sp³-hybridized carbons (Fsp3) is 0.350. The molecule has 0 aliphatic carbocycles. The normalized spacial score (nSPS) is 21.7. The molecule has 2 unspecified atom stereocenters. The van der Waals surface area contributed by atoms with Gasteiger partial charge >= 0.3 is 0 Å². The van der Waals surface area contributed by atoms with Gasteiger partial charge in [0.1, 0.15) is 6.10 Å². The Hall–Kier alpha value is -2.91. The Kier molecular flexibility index (Phi) is 4.55. The van der Waals surface area contributed by atoms with Gasteiger partial charge in [-0.3, -0.25) is 4.79 Å². The number of nitriles is 1. The van der Waals surface area contributed by atoms with Gasteiger partial charge in [-0.05, 0) is 23.6 Å². The lowest BCUT2D eigenvalue weighted by atomic mass is 9.97. The number of nitrogens with zero attached hydrogens (tertiary/aromatic N) is 3. The summed E-state index contributed by atoms with van der Waals surface area (Å²) in [6.45, 7) is 1.69. The van der Waals surface area contributed by atoms with Crippen LogP contribution in [-0.4, -0.2) is 41.6 Å². The number of ether oxygens (including phenoxy) is 2. The molecule has 26 heavy (non-hydrogen) atoms. The second-order valence-corrected chi connectivity index (χ2v) is 6.51. The number of pyridine rings is 1. The third-order valence-corrected chi connectivity index (χ3v) is 4.83. The van der Waals surface area contributed by atoms with E-state index < -0.39 is 6.10 Å². The Labute approximate surface area is 152 Å². The summed E-state index contributed by atoms with van der Waals surface area (Å²) in [5.74, 6) is 0.407. The molecule has 6 heteroatoms. The highest BCUT2D eigenvalue weighted by Gasteiger charge is 2.35. The Balaban J connectivity index is 1.43. The molecule has 1 saturated heterocycles. The Morgan fingerprint density at radius 2 is 2.23 bits per heavy atom. The minimum absolute atomic E-state index is 0.0121. The van der Waals surface area contributed by atoms with E-state index in [4.69, 9.17) is 14.7 Å². The molecule has 0 N–H and O–H groups in total. The van der Waals surface area contributed by atoms with Crippen LogP contribution in [0.1, 0.15) is 29.2 Å². The minimum Gasteiger partial charge on any atom is -0.472 e. The first-order valence-electron chi connectivity index (χ1n) is 8.75. The molecule has 0 saturated carbocycles. The van der Waals surface area contributed by atoms with Crippen molar-refractivity contribution in [3.8, 4) is 11.9 Å². The Morgan fingerprint density at radius 3 is 3.12 bits per heavy atom. The quantitative estimate of drug-likeness (QED) is 0.849. The van der Waals surface area contributed by atoms with Gasteiger partial charge in [0.05, 0.1) is 24.8 Å². The average molecular weight is 349 g/mol. The predicted molar refractivity (Wildman–Crippen MR) is 93.4 cm³/mol. The van der Waals surface area contributed by atoms with Crippen LogP contribution in [0.4, 0.5) is 0 Å². The van der Waals surface area contributed by atoms with E-state index in [0.717, 1.165) is 18.4 Å². The molecular weight excluding hydrogens is 330 g/mol. The monoisotopic (exact) mass is 349 g/mol. The molecule has 2 aliphatic rings. The number of amides is 1. The number of hydrogen-bond donors (Lipinski definition) is 0. The second-order valence-electron chi connectivity index (χ2n) is 6.51. The van der Waals surface area contributed by atoms with E-state index in [-0.39, 0.29) is 12.0 Å². The maximum Gasteiger partial charge on any atom is 0.256 e. The molecule has 132 valence electrons. The molecule has 2 aromatic rings. The lowest BCUT2D eigenvalue weighted by molar-refractivity contribution is -0.144. The van der Waals surface area contributed by atoms with E-state index in [9.17, 15) is 4.79 Å². The summed E-state index contributed by atoms with van der Waals surface area (Å²) in [5.41, 5.74) is 2.66. The SMILES string of the molecule is N#Cc1ccnc(OC2CCN(C(=O)C3OCCc4ccccc43)C2)c1. The highest BCUT2D eigenvalue weighted by atomic mass is 16.5. The molecule has 1 fully saturated rings. The molecule has 0 radical (unpaired) electrons. The van der Waals surface area contributed by atoms with E-state index in [2.05, 4.69) is 17.1 Å². The van der Waals surface area contributed by atoms with Crippen molar-refractivity contribution in [2.45, 2.75) is 25.0 Å². The van der Waals surface area contributed by atoms with Crippen molar-refractivity contribution in [3.63, 3.8) is 0 Å². The molecule has 0 bridgehead atoms. The number of aromatic nitrogens is 1. The standard InChI is InChI=1S/C20H19N3O3/c21-12-14-5-8-22-18(11-14)26-16-6-9-23(13-16)20(24)19-17-4-2-1-3-15(17)7-10-25-19/h1-5,8,11,16,19H,6-7,9-10,13H2. The van der Waals surface area contributed by atoms with Gasteiger partial charge in [0.15, 0.2) is 6.10 Å². The van der Waals surface area contributed by atoms with Gasteiger partial charge < -0.3 is 14.4 Å². The third-order valence-electron chi connectivity index (χ3n) is 4.83. The van der Waals surface area contributed by atoms with Crippen LogP contribution in [0, 0.1) is 11.3 Å². The summed E-state index contributed by atoms with van der Waals surface area (Å²) < 4.78 is 11.6. The van der Waals surface area contributed by atoms with Crippen molar-refractivity contribution >= 4 is 5.91 Å². The predicted octanol–water partition coefficient (Wildman–Crippen LogP) is 2.25. The molecule has 0 spiro atoms. The summed E-state index contributed by atoms with van der Waals surface area (Å²) in [6.07, 6.45) is 2.47. The molecule has 2 atom stereocenters. The molecule has 4 rings (SSSR count). The molecule has 6 nitrogen and oxygen atoms in total. The van der Waals surface area contributed by atoms with Crippen LogP contribution in [0.2, 0.25) is 0 Å². The number of hydrogen-bond acceptors (Lipinski definition) is 5. The number of carbonyl (C=O) groups excluding carboxylic acids is 1. The Morgan fingerprint density at radius 1 is 1.35 bits per heavy atom. The number of benzene rings is 1. The highest BCUT2D eigenvalue weighted by Crippen LogP contribution is 2.30. The first kappa shape index (κ1) is 16.6. The van der Waals surface area contributed by atoms with Gasteiger partial charge in [-0.15, -0.1) is 0 Å². The van der Waals surface area contributed by atoms with Crippen molar-refractivity contribution < 1.29 is 14.3 Å². The van der Waals surface area contributed by atoms with Crippen LogP contribution in [-0.2, 0) is 16.0 Å². The first-order chi connectivity index (χ1) is 12.7. The number of carbonyl (C=O) groups is 1. The maximum absolute atomic E-state index is 12.9. The molecule has 3 heterocycles. The molecule has 1 aromatic carbocycles. The summed E-state index contributed by atoms with van der Waals surface area (Å²) in [6, 6.07) is 13.3. The fourth-order valence-electron chi connectivity index (χ4n) is 3.50. The zero-order chi connectivity index (χ0) is 17.9. The van der Waals surface area contributed by atoms with Gasteiger partial charge in [0.2, 0.25) is 5.88 Å². The molecule has 1 aromatic heterocycles. The van der Waals surface area contributed by atoms with Crippen LogP contribution < -0.4 is 4.74 Å². The second kappa shape index (κ2) is 7.14. The van der Waals surface area contributed by atoms with Crippen molar-refractivity contribution in [1.29, 1.82) is 5.26 Å². The number of likely N-dealkylation sites (tertiary alicyclic amines) is 1. The third kappa shape index (κ3) is 3.26. The maximum atomic E-state index is 12.9. The van der Waals surface area contributed by atoms with Gasteiger partial charge in [-0.25, -0.2) is 4.98 Å². The minimum atomic E-state index is -0.529. The van der Waals surface area contributed by atoms with Gasteiger partial charge in [0.25, 0.3) is 5.91 Å². The lowest BCUT2D eigenvalue weighted by Crippen LogP contribution is -2.37. The lowest BCUT2D eigenvalue weighted by Gasteiger charge is -2.28. The van der Waals surface area contributed by atoms with Crippen molar-refractivity contribution in [1.82, 2.24) is 9.88 Å². The summed E-state index contributed by atoms with van der Waals surface area (Å²) in [4.78, 5) is 18.9. The van der Waals surface area contributed by atoms with Crippen LogP contribution in [0.5, 0.6) is 5.88 Å². The van der Waals surface area contributed by atoms with Crippen LogP contribution in [0.25, 0.3) is 0 Å². The summed E-state index contributed by atoms with van der Waals surface area (Å²) >= 11 is 0. The topological polar surface area (TPSA) is 75.5 Å². The summed E-state index contributed by atoms with van der Waals surface area (Å²) in [5, 5.41) is 8.96. The first-order valence-corrected chi connectivity index (χ1v) is 8.75. The van der Waals surface area contributed by atoms with Crippen LogP contribution >= 0.6 is 0 Å². The average Bonchev–Trinajstić information content (AvgIpc) is 3.15. The number of rotatable bonds is 3. The van der Waals surface area contributed by atoms with Crippen molar-refractivity contribution in [2.24, 2.45) is 0 Å². The summed E-state index contributed by atoms with van der Waals surface area (Å²) in [7, 11) is 0. The molecule has 1 amide bonds. The highest BCUT2D eigenvalue weighted by molar-refractivity contribution is 5.83. The molecular formula is C20H19N3O3. The van der Waals surface area contributed by atoms with E-state index in [1.807, 2.05) is 18.2 Å². The Bertz CT molecular complexity index is 861. The van der Waals surface area contributed by atoms with E-state index in [1.54, 1.807) is 23.2 Å². The largest absolute Gasteiger partial charge is 0.472 e. The van der Waals surface area contributed by atoms with E-state index in [1.165, 1.54) is 5.56 Å². The van der Waals surface area contributed by atoms with Crippen molar-refractivity contribution in [3.05, 3.63) is 59.3 Å². The zero-order valence-corrected chi connectivity index (χ0v) is 14.3. The van der Waals surface area contributed by atoms with Crippen molar-refractivity contribution in [2.75, 3.05) is 19.7 Å². The zero-order valence-electron chi connectivity index (χ0n) is 14.3. The van der Waals surface area contributed by atoms with Crippen LogP contribution in [0.15, 0.2) is 42.6 Å². The van der Waals surface area contributed by atoms with Gasteiger partial charge in [0, 0.05) is 25.2 Å². The van der Waals surface area contributed by atoms with Gasteiger partial charge in [-0.2, -0.15) is 5.26 Å². The van der Waals surface area contributed by atoms with E-state index >= 15 is 0 Å². The number of fused-ring (bicyclic) bond motifs is 1. The fourth-order valence-corrected chi connectivity index (χ4v) is 3.50. The molecule has 2 aliphatic heterocycles. The van der Waals surface area contributed by atoms with Crippen LogP contribution in [0.3, 0.4) is 0 Å². The smallest absolute Gasteiger partial charge is 0.256 e. The van der Waals surface area contributed by atoms with E-state index in [0.29, 0.717) is 31.1 Å².